The summed E-state index contributed by atoms with van der Waals surface area (Å²) in [6, 6.07) is 22.7. The van der Waals surface area contributed by atoms with E-state index in [0.717, 1.165) is 46.5 Å². The van der Waals surface area contributed by atoms with Gasteiger partial charge in [0.05, 0.1) is 24.2 Å². The lowest BCUT2D eigenvalue weighted by Crippen LogP contribution is -2.24. The predicted octanol–water partition coefficient (Wildman–Crippen LogP) is 6.24. The van der Waals surface area contributed by atoms with Crippen LogP contribution in [-0.2, 0) is 13.1 Å². The van der Waals surface area contributed by atoms with Crippen molar-refractivity contribution in [2.24, 2.45) is 0 Å². The quantitative estimate of drug-likeness (QED) is 0.270. The van der Waals surface area contributed by atoms with Crippen molar-refractivity contribution >= 4 is 44.5 Å². The number of ether oxygens (including phenoxy) is 1. The minimum Gasteiger partial charge on any atom is -0.494 e. The van der Waals surface area contributed by atoms with E-state index in [1.165, 1.54) is 0 Å². The van der Waals surface area contributed by atoms with Crippen molar-refractivity contribution in [2.45, 2.75) is 25.9 Å². The van der Waals surface area contributed by atoms with Gasteiger partial charge in [0.15, 0.2) is 0 Å². The third kappa shape index (κ3) is 5.69. The Balaban J connectivity index is 1.37. The summed E-state index contributed by atoms with van der Waals surface area (Å²) in [5.41, 5.74) is 2.62. The highest BCUT2D eigenvalue weighted by molar-refractivity contribution is 9.10. The number of benzene rings is 3. The Hall–Kier alpha value is -2.83. The number of carbonyl (C=O) groups excluding carboxylic acids is 1. The van der Waals surface area contributed by atoms with E-state index >= 15 is 0 Å². The van der Waals surface area contributed by atoms with Crippen LogP contribution in [0.1, 0.15) is 29.0 Å². The molecule has 0 fully saturated rings. The average Bonchev–Trinajstić information content (AvgIpc) is 3.16. The highest BCUT2D eigenvalue weighted by Gasteiger charge is 2.12. The zero-order valence-corrected chi connectivity index (χ0v) is 19.8. The number of carbonyl (C=O) groups is 1. The Morgan fingerprint density at radius 3 is 2.53 bits per heavy atom. The molecule has 3 aromatic carbocycles. The highest BCUT2D eigenvalue weighted by Crippen LogP contribution is 2.19. The van der Waals surface area contributed by atoms with Gasteiger partial charge < -0.3 is 14.6 Å². The number of para-hydroxylation sites is 2. The minimum absolute atomic E-state index is 0.118. The molecular formula is C25H23BrClN3O2. The number of amides is 1. The van der Waals surface area contributed by atoms with Crippen LogP contribution in [0.15, 0.2) is 77.3 Å². The molecule has 164 valence electrons. The average molecular weight is 513 g/mol. The molecule has 0 saturated carbocycles. The Labute approximate surface area is 200 Å². The highest BCUT2D eigenvalue weighted by atomic mass is 79.9. The van der Waals surface area contributed by atoms with Gasteiger partial charge >= 0.3 is 0 Å². The summed E-state index contributed by atoms with van der Waals surface area (Å²) >= 11 is 9.30. The van der Waals surface area contributed by atoms with Gasteiger partial charge in [-0.25, -0.2) is 4.98 Å². The summed E-state index contributed by atoms with van der Waals surface area (Å²) in [5.74, 6) is 1.54. The molecule has 1 aromatic heterocycles. The first-order chi connectivity index (χ1) is 15.6. The number of hydrogen-bond donors (Lipinski definition) is 1. The van der Waals surface area contributed by atoms with Crippen molar-refractivity contribution in [1.29, 1.82) is 0 Å². The molecule has 4 rings (SSSR count). The van der Waals surface area contributed by atoms with E-state index in [0.29, 0.717) is 23.7 Å². The number of rotatable bonds is 9. The van der Waals surface area contributed by atoms with E-state index in [9.17, 15) is 4.79 Å². The zero-order valence-electron chi connectivity index (χ0n) is 17.4. The second-order valence-electron chi connectivity index (χ2n) is 7.37. The van der Waals surface area contributed by atoms with Gasteiger partial charge in [-0.2, -0.15) is 0 Å². The molecule has 0 aliphatic rings. The van der Waals surface area contributed by atoms with E-state index in [2.05, 4.69) is 31.9 Å². The van der Waals surface area contributed by atoms with Crippen LogP contribution in [0.2, 0.25) is 5.02 Å². The van der Waals surface area contributed by atoms with Gasteiger partial charge in [-0.1, -0.05) is 39.7 Å². The Morgan fingerprint density at radius 2 is 1.75 bits per heavy atom. The molecule has 0 atom stereocenters. The second kappa shape index (κ2) is 10.7. The maximum atomic E-state index is 12.5. The molecule has 0 saturated heterocycles. The fourth-order valence-electron chi connectivity index (χ4n) is 3.47. The smallest absolute Gasteiger partial charge is 0.251 e. The number of nitrogens with zero attached hydrogens (tertiary/aromatic N) is 2. The van der Waals surface area contributed by atoms with Gasteiger partial charge in [0, 0.05) is 21.6 Å². The Kier molecular flexibility index (Phi) is 7.45. The maximum Gasteiger partial charge on any atom is 0.251 e. The SMILES string of the molecule is O=C(NCc1nc2ccccc2n1CCCCOc1ccc(Cl)cc1)c1ccc(Br)cc1. The minimum atomic E-state index is -0.118. The van der Waals surface area contributed by atoms with Gasteiger partial charge in [0.1, 0.15) is 11.6 Å². The fraction of sp³-hybridized carbons (Fsp3) is 0.200. The van der Waals surface area contributed by atoms with E-state index < -0.39 is 0 Å². The van der Waals surface area contributed by atoms with Crippen LogP contribution in [0.3, 0.4) is 0 Å². The van der Waals surface area contributed by atoms with Crippen molar-refractivity contribution in [3.8, 4) is 5.75 Å². The standard InChI is InChI=1S/C25H23BrClN3O2/c26-19-9-7-18(8-10-19)25(31)28-17-24-29-22-5-1-2-6-23(22)30(24)15-3-4-16-32-21-13-11-20(27)12-14-21/h1-2,5-14H,3-4,15-17H2,(H,28,31). The van der Waals surface area contributed by atoms with Gasteiger partial charge in [-0.3, -0.25) is 4.79 Å². The van der Waals surface area contributed by atoms with Gasteiger partial charge in [0.25, 0.3) is 5.91 Å². The molecule has 1 heterocycles. The lowest BCUT2D eigenvalue weighted by Gasteiger charge is -2.11. The molecule has 5 nitrogen and oxygen atoms in total. The molecule has 0 unspecified atom stereocenters. The van der Waals surface area contributed by atoms with Crippen molar-refractivity contribution < 1.29 is 9.53 Å². The third-order valence-electron chi connectivity index (χ3n) is 5.11. The van der Waals surface area contributed by atoms with E-state index in [1.807, 2.05) is 54.6 Å². The number of imidazole rings is 1. The maximum absolute atomic E-state index is 12.5. The number of unbranched alkanes of at least 4 members (excludes halogenated alkanes) is 1. The summed E-state index contributed by atoms with van der Waals surface area (Å²) in [6.07, 6.45) is 1.83. The summed E-state index contributed by atoms with van der Waals surface area (Å²) in [5, 5.41) is 3.69. The lowest BCUT2D eigenvalue weighted by atomic mass is 10.2. The van der Waals surface area contributed by atoms with Crippen LogP contribution in [0.5, 0.6) is 5.75 Å². The topological polar surface area (TPSA) is 56.2 Å². The van der Waals surface area contributed by atoms with Gasteiger partial charge in [-0.05, 0) is 73.5 Å². The predicted molar refractivity (Wildman–Crippen MR) is 131 cm³/mol. The summed E-state index contributed by atoms with van der Waals surface area (Å²) in [4.78, 5) is 17.3. The number of halogens is 2. The number of hydrogen-bond acceptors (Lipinski definition) is 3. The van der Waals surface area contributed by atoms with Crippen LogP contribution in [0, 0.1) is 0 Å². The first-order valence-corrected chi connectivity index (χ1v) is 11.6. The second-order valence-corrected chi connectivity index (χ2v) is 8.72. The van der Waals surface area contributed by atoms with Gasteiger partial charge in [0.2, 0.25) is 0 Å². The van der Waals surface area contributed by atoms with Gasteiger partial charge in [-0.15, -0.1) is 0 Å². The molecule has 4 aromatic rings. The molecule has 32 heavy (non-hydrogen) atoms. The molecular weight excluding hydrogens is 490 g/mol. The van der Waals surface area contributed by atoms with Crippen molar-refractivity contribution in [2.75, 3.05) is 6.61 Å². The molecule has 0 radical (unpaired) electrons. The first kappa shape index (κ1) is 22.4. The van der Waals surface area contributed by atoms with E-state index in [-0.39, 0.29) is 5.91 Å². The first-order valence-electron chi connectivity index (χ1n) is 10.5. The normalized spacial score (nSPS) is 10.9. The molecule has 1 N–H and O–H groups in total. The Morgan fingerprint density at radius 1 is 1.00 bits per heavy atom. The zero-order chi connectivity index (χ0) is 22.3. The molecule has 7 heteroatoms. The molecule has 0 aliphatic carbocycles. The third-order valence-corrected chi connectivity index (χ3v) is 5.89. The molecule has 0 bridgehead atoms. The van der Waals surface area contributed by atoms with Crippen molar-refractivity contribution in [1.82, 2.24) is 14.9 Å². The number of fused-ring (bicyclic) bond motifs is 1. The van der Waals surface area contributed by atoms with Crippen LogP contribution < -0.4 is 10.1 Å². The monoisotopic (exact) mass is 511 g/mol. The van der Waals surface area contributed by atoms with Crippen LogP contribution in [0.25, 0.3) is 11.0 Å². The van der Waals surface area contributed by atoms with Crippen molar-refractivity contribution in [3.63, 3.8) is 0 Å². The van der Waals surface area contributed by atoms with Crippen LogP contribution in [-0.4, -0.2) is 22.1 Å². The Bertz CT molecular complexity index is 1190. The number of aromatic nitrogens is 2. The molecule has 0 spiro atoms. The fourth-order valence-corrected chi connectivity index (χ4v) is 3.86. The van der Waals surface area contributed by atoms with E-state index in [4.69, 9.17) is 21.3 Å². The molecule has 0 aliphatic heterocycles. The van der Waals surface area contributed by atoms with Crippen LogP contribution >= 0.6 is 27.5 Å². The largest absolute Gasteiger partial charge is 0.494 e. The lowest BCUT2D eigenvalue weighted by molar-refractivity contribution is 0.0949. The summed E-state index contributed by atoms with van der Waals surface area (Å²) in [7, 11) is 0. The number of nitrogens with one attached hydrogen (secondary N) is 1. The van der Waals surface area contributed by atoms with Crippen LogP contribution in [0.4, 0.5) is 0 Å². The summed E-state index contributed by atoms with van der Waals surface area (Å²) in [6.45, 7) is 1.79. The molecule has 1 amide bonds. The number of aryl methyl sites for hydroxylation is 1. The van der Waals surface area contributed by atoms with Crippen molar-refractivity contribution in [3.05, 3.63) is 93.7 Å². The van der Waals surface area contributed by atoms with E-state index in [1.54, 1.807) is 12.1 Å². The summed E-state index contributed by atoms with van der Waals surface area (Å²) < 4.78 is 8.91.